The Bertz CT molecular complexity index is 853. The fourth-order valence-electron chi connectivity index (χ4n) is 1.79. The molecule has 0 spiro atoms. The van der Waals surface area contributed by atoms with Gasteiger partial charge in [-0.2, -0.15) is 0 Å². The van der Waals surface area contributed by atoms with Crippen LogP contribution in [0.3, 0.4) is 0 Å². The summed E-state index contributed by atoms with van der Waals surface area (Å²) < 4.78 is 0. The summed E-state index contributed by atoms with van der Waals surface area (Å²) in [5.74, 6) is -4.04. The largest absolute Gasteiger partial charge is 0.507 e. The quantitative estimate of drug-likeness (QED) is 0.564. The van der Waals surface area contributed by atoms with Gasteiger partial charge in [-0.3, -0.25) is 0 Å². The van der Waals surface area contributed by atoms with Gasteiger partial charge < -0.3 is 20.4 Å². The number of hydrogen-bond donors (Lipinski definition) is 4. The number of carboxylic acid groups (broad SMARTS) is 3. The minimum atomic E-state index is -1.40. The normalized spacial score (nSPS) is 9.35. The molecular weight excluding hydrogens is 434 g/mol. The first-order valence-electron chi connectivity index (χ1n) is 6.53. The van der Waals surface area contributed by atoms with E-state index in [1.165, 1.54) is 12.1 Å². The van der Waals surface area contributed by atoms with E-state index in [2.05, 4.69) is 0 Å². The molecule has 0 aliphatic heterocycles. The van der Waals surface area contributed by atoms with Crippen LogP contribution in [0.4, 0.5) is 0 Å². The van der Waals surface area contributed by atoms with Crippen molar-refractivity contribution >= 4 is 41.1 Å². The maximum absolute atomic E-state index is 10.7. The van der Waals surface area contributed by atoms with Crippen molar-refractivity contribution in [3.8, 4) is 5.75 Å². The van der Waals surface area contributed by atoms with Crippen molar-refractivity contribution in [1.82, 2.24) is 0 Å². The molecule has 2 rings (SSSR count). The molecule has 0 saturated heterocycles. The van der Waals surface area contributed by atoms with E-state index in [1.807, 2.05) is 0 Å². The van der Waals surface area contributed by atoms with Gasteiger partial charge in [-0.05, 0) is 30.7 Å². The van der Waals surface area contributed by atoms with Gasteiger partial charge in [-0.1, -0.05) is 35.3 Å². The number of aromatic carboxylic acids is 3. The number of aromatic hydroxyl groups is 1. The third-order valence-corrected chi connectivity index (χ3v) is 3.48. The van der Waals surface area contributed by atoms with E-state index in [0.717, 1.165) is 6.07 Å². The van der Waals surface area contributed by atoms with Crippen LogP contribution in [0.5, 0.6) is 5.75 Å². The van der Waals surface area contributed by atoms with Gasteiger partial charge in [-0.25, -0.2) is 14.4 Å². The molecule has 0 amide bonds. The molecule has 0 unspecified atom stereocenters. The van der Waals surface area contributed by atoms with Crippen LogP contribution >= 0.6 is 23.2 Å². The number of halogens is 2. The maximum atomic E-state index is 10.7. The van der Waals surface area contributed by atoms with E-state index >= 15 is 0 Å². The molecule has 0 saturated carbocycles. The van der Waals surface area contributed by atoms with Crippen LogP contribution in [0.1, 0.15) is 36.6 Å². The van der Waals surface area contributed by atoms with Gasteiger partial charge in [-0.15, -0.1) is 0 Å². The zero-order valence-electron chi connectivity index (χ0n) is 13.0. The molecule has 7 nitrogen and oxygen atoms in total. The van der Waals surface area contributed by atoms with Crippen LogP contribution < -0.4 is 0 Å². The van der Waals surface area contributed by atoms with Gasteiger partial charge in [0, 0.05) is 21.8 Å². The Balaban J connectivity index is 0.000000475. The SMILES string of the molecule is Cc1cccc(C(=O)O)c1O.O=C(O)c1cc(Cl)cc(Cl)c1C(=O)O.[Co]. The Hall–Kier alpha value is -2.26. The van der Waals surface area contributed by atoms with Crippen molar-refractivity contribution in [2.45, 2.75) is 6.92 Å². The molecule has 26 heavy (non-hydrogen) atoms. The van der Waals surface area contributed by atoms with Crippen molar-refractivity contribution in [3.05, 3.63) is 62.6 Å². The zero-order valence-corrected chi connectivity index (χ0v) is 15.5. The Kier molecular flexibility index (Phi) is 9.15. The average Bonchev–Trinajstić information content (AvgIpc) is 2.49. The van der Waals surface area contributed by atoms with Gasteiger partial charge in [0.2, 0.25) is 0 Å². The topological polar surface area (TPSA) is 132 Å². The Morgan fingerprint density at radius 3 is 1.85 bits per heavy atom. The van der Waals surface area contributed by atoms with Gasteiger partial charge in [0.25, 0.3) is 0 Å². The van der Waals surface area contributed by atoms with E-state index in [4.69, 9.17) is 38.5 Å². The summed E-state index contributed by atoms with van der Waals surface area (Å²) in [5.41, 5.74) is -0.353. The molecule has 0 atom stereocenters. The molecule has 2 aromatic carbocycles. The van der Waals surface area contributed by atoms with Gasteiger partial charge in [0.1, 0.15) is 11.3 Å². The van der Waals surface area contributed by atoms with Crippen LogP contribution in [0, 0.1) is 6.92 Å². The van der Waals surface area contributed by atoms with Crippen molar-refractivity contribution < 1.29 is 51.6 Å². The van der Waals surface area contributed by atoms with Crippen molar-refractivity contribution in [2.75, 3.05) is 0 Å². The Labute approximate surface area is 168 Å². The first-order valence-corrected chi connectivity index (χ1v) is 7.29. The molecule has 4 N–H and O–H groups in total. The third kappa shape index (κ3) is 5.92. The number of rotatable bonds is 3. The summed E-state index contributed by atoms with van der Waals surface area (Å²) in [5, 5.41) is 35.0. The number of benzene rings is 2. The van der Waals surface area contributed by atoms with Gasteiger partial charge in [0.05, 0.1) is 16.1 Å². The van der Waals surface area contributed by atoms with Gasteiger partial charge in [0.15, 0.2) is 0 Å². The fraction of sp³-hybridized carbons (Fsp3) is 0.0625. The third-order valence-electron chi connectivity index (χ3n) is 2.97. The summed E-state index contributed by atoms with van der Waals surface area (Å²) in [6.07, 6.45) is 0. The predicted octanol–water partition coefficient (Wildman–Crippen LogP) is 3.79. The molecule has 0 aromatic heterocycles. The number of aryl methyl sites for hydroxylation is 1. The van der Waals surface area contributed by atoms with E-state index in [1.54, 1.807) is 19.1 Å². The molecule has 10 heteroatoms. The number of carbonyl (C=O) groups is 3. The number of hydrogen-bond acceptors (Lipinski definition) is 4. The molecular formula is C16H12Cl2CoO7. The first kappa shape index (κ1) is 23.7. The summed E-state index contributed by atoms with van der Waals surface area (Å²) >= 11 is 11.1. The van der Waals surface area contributed by atoms with Crippen molar-refractivity contribution in [2.24, 2.45) is 0 Å². The second kappa shape index (κ2) is 10.0. The number of para-hydroxylation sites is 1. The number of carboxylic acids is 3. The molecule has 0 fully saturated rings. The Morgan fingerprint density at radius 2 is 1.42 bits per heavy atom. The summed E-state index contributed by atoms with van der Waals surface area (Å²) in [6.45, 7) is 1.65. The van der Waals surface area contributed by atoms with Crippen LogP contribution in [0.25, 0.3) is 0 Å². The molecule has 0 bridgehead atoms. The van der Waals surface area contributed by atoms with Crippen molar-refractivity contribution in [1.29, 1.82) is 0 Å². The molecule has 1 radical (unpaired) electrons. The van der Waals surface area contributed by atoms with Crippen LogP contribution in [0.15, 0.2) is 30.3 Å². The molecule has 0 aliphatic rings. The zero-order chi connectivity index (χ0) is 19.3. The molecule has 0 heterocycles. The Morgan fingerprint density at radius 1 is 0.885 bits per heavy atom. The minimum absolute atomic E-state index is 0. The van der Waals surface area contributed by atoms with Crippen LogP contribution in [-0.2, 0) is 16.8 Å². The first-order chi connectivity index (χ1) is 11.6. The smallest absolute Gasteiger partial charge is 0.339 e. The number of phenols is 1. The fourth-order valence-corrected chi connectivity index (χ4v) is 2.37. The molecule has 2 aromatic rings. The molecule has 0 aliphatic carbocycles. The molecule has 141 valence electrons. The summed E-state index contributed by atoms with van der Waals surface area (Å²) in [4.78, 5) is 31.7. The second-order valence-corrected chi connectivity index (χ2v) is 5.54. The predicted molar refractivity (Wildman–Crippen MR) is 90.2 cm³/mol. The standard InChI is InChI=1S/C8H4Cl2O4.C8H8O3.Co/c9-3-1-4(7(11)12)6(8(13)14)5(10)2-3;1-5-3-2-4-6(7(5)9)8(10)11;/h1-2H,(H,11,12)(H,13,14);2-4,9H,1H3,(H,10,11);. The van der Waals surface area contributed by atoms with E-state index in [-0.39, 0.29) is 38.1 Å². The second-order valence-electron chi connectivity index (χ2n) is 4.70. The minimum Gasteiger partial charge on any atom is -0.507 e. The van der Waals surface area contributed by atoms with Crippen LogP contribution in [-0.4, -0.2) is 38.3 Å². The maximum Gasteiger partial charge on any atom is 0.339 e. The monoisotopic (exact) mass is 445 g/mol. The summed E-state index contributed by atoms with van der Waals surface area (Å²) in [6, 6.07) is 6.84. The van der Waals surface area contributed by atoms with E-state index in [0.29, 0.717) is 5.56 Å². The van der Waals surface area contributed by atoms with Crippen molar-refractivity contribution in [3.63, 3.8) is 0 Å². The summed E-state index contributed by atoms with van der Waals surface area (Å²) in [7, 11) is 0. The van der Waals surface area contributed by atoms with E-state index in [9.17, 15) is 19.5 Å². The average molecular weight is 446 g/mol. The van der Waals surface area contributed by atoms with Crippen LogP contribution in [0.2, 0.25) is 10.0 Å². The van der Waals surface area contributed by atoms with Gasteiger partial charge >= 0.3 is 17.9 Å². The van der Waals surface area contributed by atoms with E-state index < -0.39 is 29.0 Å².